The lowest BCUT2D eigenvalue weighted by atomic mass is 9.98. The Hall–Kier alpha value is -1.41. The molecule has 1 aliphatic rings. The predicted molar refractivity (Wildman–Crippen MR) is 80.3 cm³/mol. The van der Waals surface area contributed by atoms with Gasteiger partial charge < -0.3 is 5.32 Å². The summed E-state index contributed by atoms with van der Waals surface area (Å²) in [5.74, 6) is 0.927. The van der Waals surface area contributed by atoms with Crippen LogP contribution in [0, 0.1) is 5.92 Å². The molecule has 1 heterocycles. The lowest BCUT2D eigenvalue weighted by molar-refractivity contribution is 0.447. The van der Waals surface area contributed by atoms with Crippen molar-refractivity contribution in [3.8, 4) is 0 Å². The van der Waals surface area contributed by atoms with E-state index in [0.29, 0.717) is 6.04 Å². The Kier molecular flexibility index (Phi) is 3.79. The fourth-order valence-corrected chi connectivity index (χ4v) is 2.98. The Labute approximate surface area is 115 Å². The van der Waals surface area contributed by atoms with E-state index in [2.05, 4.69) is 41.5 Å². The van der Waals surface area contributed by atoms with Gasteiger partial charge in [-0.3, -0.25) is 4.98 Å². The average molecular weight is 254 g/mol. The first kappa shape index (κ1) is 12.6. The van der Waals surface area contributed by atoms with Gasteiger partial charge in [-0.15, -0.1) is 0 Å². The van der Waals surface area contributed by atoms with Gasteiger partial charge in [0.15, 0.2) is 0 Å². The van der Waals surface area contributed by atoms with Gasteiger partial charge in [-0.2, -0.15) is 0 Å². The maximum absolute atomic E-state index is 4.20. The summed E-state index contributed by atoms with van der Waals surface area (Å²) >= 11 is 0. The van der Waals surface area contributed by atoms with Crippen molar-refractivity contribution in [3.05, 3.63) is 42.2 Å². The summed E-state index contributed by atoms with van der Waals surface area (Å²) in [6.07, 6.45) is 9.10. The minimum atomic E-state index is 0.710. The van der Waals surface area contributed by atoms with E-state index >= 15 is 0 Å². The molecule has 1 fully saturated rings. The standard InChI is InChI=1S/C17H22N2/c1-2-19-17(14-6-7-14)9-8-13-4-3-5-15-12-18-11-10-16(13)15/h3-5,10-12,14,17,19H,2,6-9H2,1H3. The highest BCUT2D eigenvalue weighted by atomic mass is 14.9. The van der Waals surface area contributed by atoms with E-state index in [-0.39, 0.29) is 0 Å². The molecule has 1 aliphatic carbocycles. The van der Waals surface area contributed by atoms with Crippen molar-refractivity contribution >= 4 is 10.8 Å². The zero-order valence-corrected chi connectivity index (χ0v) is 11.6. The Morgan fingerprint density at radius 1 is 1.32 bits per heavy atom. The molecule has 0 amide bonds. The van der Waals surface area contributed by atoms with E-state index in [9.17, 15) is 0 Å². The second-order valence-electron chi connectivity index (χ2n) is 5.55. The van der Waals surface area contributed by atoms with Gasteiger partial charge in [0.1, 0.15) is 0 Å². The molecular formula is C17H22N2. The number of hydrogen-bond acceptors (Lipinski definition) is 2. The third-order valence-corrected chi connectivity index (χ3v) is 4.15. The zero-order valence-electron chi connectivity index (χ0n) is 11.6. The first-order valence-corrected chi connectivity index (χ1v) is 7.43. The van der Waals surface area contributed by atoms with E-state index < -0.39 is 0 Å². The van der Waals surface area contributed by atoms with Gasteiger partial charge in [-0.1, -0.05) is 25.1 Å². The summed E-state index contributed by atoms with van der Waals surface area (Å²) in [5, 5.41) is 6.27. The number of rotatable bonds is 6. The van der Waals surface area contributed by atoms with Crippen LogP contribution < -0.4 is 5.32 Å². The molecule has 2 nitrogen and oxygen atoms in total. The lowest BCUT2D eigenvalue weighted by Crippen LogP contribution is -2.31. The van der Waals surface area contributed by atoms with Gasteiger partial charge >= 0.3 is 0 Å². The third kappa shape index (κ3) is 2.95. The van der Waals surface area contributed by atoms with Crippen molar-refractivity contribution < 1.29 is 0 Å². The maximum atomic E-state index is 4.20. The second-order valence-corrected chi connectivity index (χ2v) is 5.55. The molecule has 100 valence electrons. The number of nitrogens with zero attached hydrogens (tertiary/aromatic N) is 1. The number of nitrogens with one attached hydrogen (secondary N) is 1. The van der Waals surface area contributed by atoms with Gasteiger partial charge in [-0.05, 0) is 55.2 Å². The normalized spacial score (nSPS) is 16.7. The highest BCUT2D eigenvalue weighted by Gasteiger charge is 2.30. The smallest absolute Gasteiger partial charge is 0.0346 e. The SMILES string of the molecule is CCNC(CCc1cccc2cnccc12)C1CC1. The molecule has 3 rings (SSSR count). The van der Waals surface area contributed by atoms with Crippen LogP contribution in [0.5, 0.6) is 0 Å². The van der Waals surface area contributed by atoms with Crippen molar-refractivity contribution in [1.29, 1.82) is 0 Å². The largest absolute Gasteiger partial charge is 0.314 e. The number of benzene rings is 1. The number of fused-ring (bicyclic) bond motifs is 1. The number of pyridine rings is 1. The van der Waals surface area contributed by atoms with Crippen LogP contribution in [0.2, 0.25) is 0 Å². The fraction of sp³-hybridized carbons (Fsp3) is 0.471. The van der Waals surface area contributed by atoms with E-state index in [1.54, 1.807) is 0 Å². The van der Waals surface area contributed by atoms with Gasteiger partial charge in [0.2, 0.25) is 0 Å². The Bertz CT molecular complexity index is 540. The van der Waals surface area contributed by atoms with Gasteiger partial charge in [0.05, 0.1) is 0 Å². The highest BCUT2D eigenvalue weighted by Crippen LogP contribution is 2.34. The van der Waals surface area contributed by atoms with E-state index in [1.165, 1.54) is 35.6 Å². The van der Waals surface area contributed by atoms with Crippen molar-refractivity contribution in [2.45, 2.75) is 38.6 Å². The van der Waals surface area contributed by atoms with Crippen LogP contribution >= 0.6 is 0 Å². The fourth-order valence-electron chi connectivity index (χ4n) is 2.98. The Morgan fingerprint density at radius 3 is 3.00 bits per heavy atom. The lowest BCUT2D eigenvalue weighted by Gasteiger charge is -2.17. The van der Waals surface area contributed by atoms with Crippen LogP contribution in [0.15, 0.2) is 36.7 Å². The minimum Gasteiger partial charge on any atom is -0.314 e. The van der Waals surface area contributed by atoms with Crippen molar-refractivity contribution in [2.24, 2.45) is 5.92 Å². The van der Waals surface area contributed by atoms with Gasteiger partial charge in [0, 0.05) is 23.8 Å². The highest BCUT2D eigenvalue weighted by molar-refractivity contribution is 5.84. The molecule has 19 heavy (non-hydrogen) atoms. The minimum absolute atomic E-state index is 0.710. The molecule has 0 aliphatic heterocycles. The monoisotopic (exact) mass is 254 g/mol. The van der Waals surface area contributed by atoms with E-state index in [4.69, 9.17) is 0 Å². The Morgan fingerprint density at radius 2 is 2.21 bits per heavy atom. The quantitative estimate of drug-likeness (QED) is 0.852. The van der Waals surface area contributed by atoms with Crippen LogP contribution in [-0.4, -0.2) is 17.6 Å². The van der Waals surface area contributed by atoms with Gasteiger partial charge in [-0.25, -0.2) is 0 Å². The summed E-state index contributed by atoms with van der Waals surface area (Å²) in [5.41, 5.74) is 1.46. The Balaban J connectivity index is 1.74. The van der Waals surface area contributed by atoms with Crippen molar-refractivity contribution in [3.63, 3.8) is 0 Å². The molecule has 0 radical (unpaired) electrons. The van der Waals surface area contributed by atoms with Crippen LogP contribution in [0.25, 0.3) is 10.8 Å². The molecule has 0 saturated heterocycles. The molecule has 1 unspecified atom stereocenters. The number of aromatic nitrogens is 1. The molecule has 0 spiro atoms. The summed E-state index contributed by atoms with van der Waals surface area (Å²) < 4.78 is 0. The van der Waals surface area contributed by atoms with Crippen molar-refractivity contribution in [2.75, 3.05) is 6.54 Å². The maximum Gasteiger partial charge on any atom is 0.0346 e. The zero-order chi connectivity index (χ0) is 13.1. The first-order chi connectivity index (χ1) is 9.38. The number of hydrogen-bond donors (Lipinski definition) is 1. The molecule has 1 saturated carbocycles. The summed E-state index contributed by atoms with van der Waals surface area (Å²) in [4.78, 5) is 4.20. The molecule has 1 atom stereocenters. The summed E-state index contributed by atoms with van der Waals surface area (Å²) in [7, 11) is 0. The topological polar surface area (TPSA) is 24.9 Å². The van der Waals surface area contributed by atoms with Crippen LogP contribution in [0.3, 0.4) is 0 Å². The van der Waals surface area contributed by atoms with Crippen molar-refractivity contribution in [1.82, 2.24) is 10.3 Å². The van der Waals surface area contributed by atoms with E-state index in [1.807, 2.05) is 12.4 Å². The molecule has 1 aromatic heterocycles. The molecule has 2 heteroatoms. The van der Waals surface area contributed by atoms with Crippen LogP contribution in [-0.2, 0) is 6.42 Å². The second kappa shape index (κ2) is 5.70. The average Bonchev–Trinajstić information content (AvgIpc) is 3.28. The number of aryl methyl sites for hydroxylation is 1. The third-order valence-electron chi connectivity index (χ3n) is 4.15. The molecule has 0 bridgehead atoms. The summed E-state index contributed by atoms with van der Waals surface area (Å²) in [6, 6.07) is 9.41. The van der Waals surface area contributed by atoms with Crippen LogP contribution in [0.1, 0.15) is 31.7 Å². The predicted octanol–water partition coefficient (Wildman–Crippen LogP) is 3.56. The molecule has 1 N–H and O–H groups in total. The summed E-state index contributed by atoms with van der Waals surface area (Å²) in [6.45, 7) is 3.29. The van der Waals surface area contributed by atoms with E-state index in [0.717, 1.165) is 18.9 Å². The first-order valence-electron chi connectivity index (χ1n) is 7.43. The molecular weight excluding hydrogens is 232 g/mol. The van der Waals surface area contributed by atoms with Gasteiger partial charge in [0.25, 0.3) is 0 Å². The van der Waals surface area contributed by atoms with Crippen LogP contribution in [0.4, 0.5) is 0 Å². The molecule has 1 aromatic carbocycles. The molecule has 2 aromatic rings.